The minimum atomic E-state index is -3.01. The SMILES string of the molecule is Cn1nc(C(N)=O)[c]c1C(=O)NCC(C)(F)F. The van der Waals surface area contributed by atoms with Crippen molar-refractivity contribution in [1.29, 1.82) is 0 Å². The van der Waals surface area contributed by atoms with E-state index >= 15 is 0 Å². The molecule has 1 radical (unpaired) electrons. The van der Waals surface area contributed by atoms with Crippen LogP contribution >= 0.6 is 0 Å². The molecule has 1 rings (SSSR count). The molecule has 8 heteroatoms. The molecule has 0 saturated heterocycles. The topological polar surface area (TPSA) is 90.0 Å². The standard InChI is InChI=1S/C9H11F2N4O2/c1-9(10,11)4-13-8(17)6-3-5(7(12)16)14-15(6)2/h4H2,1-2H3,(H2,12,16)(H,13,17). The largest absolute Gasteiger partial charge is 0.364 e. The quantitative estimate of drug-likeness (QED) is 0.763. The van der Waals surface area contributed by atoms with E-state index in [0.29, 0.717) is 6.92 Å². The fourth-order valence-electron chi connectivity index (χ4n) is 1.05. The molecule has 0 aromatic carbocycles. The second-order valence-corrected chi connectivity index (χ2v) is 3.56. The van der Waals surface area contributed by atoms with Gasteiger partial charge >= 0.3 is 0 Å². The number of hydrogen-bond donors (Lipinski definition) is 2. The fourth-order valence-corrected chi connectivity index (χ4v) is 1.05. The van der Waals surface area contributed by atoms with E-state index in [0.717, 1.165) is 4.68 Å². The number of nitrogens with two attached hydrogens (primary N) is 1. The lowest BCUT2D eigenvalue weighted by Crippen LogP contribution is -2.35. The number of alkyl halides is 2. The molecule has 1 aromatic rings. The molecule has 0 unspecified atom stereocenters. The van der Waals surface area contributed by atoms with Gasteiger partial charge in [-0.25, -0.2) is 8.78 Å². The Balaban J connectivity index is 2.79. The van der Waals surface area contributed by atoms with Crippen molar-refractivity contribution in [3.8, 4) is 0 Å². The van der Waals surface area contributed by atoms with E-state index in [-0.39, 0.29) is 11.4 Å². The second-order valence-electron chi connectivity index (χ2n) is 3.56. The summed E-state index contributed by atoms with van der Waals surface area (Å²) in [6.07, 6.45) is 0. The molecule has 1 heterocycles. The van der Waals surface area contributed by atoms with Gasteiger partial charge in [0.15, 0.2) is 5.69 Å². The first kappa shape index (κ1) is 13.1. The van der Waals surface area contributed by atoms with Crippen molar-refractivity contribution in [2.45, 2.75) is 12.8 Å². The van der Waals surface area contributed by atoms with E-state index in [1.165, 1.54) is 7.05 Å². The van der Waals surface area contributed by atoms with Crippen molar-refractivity contribution >= 4 is 11.8 Å². The molecule has 1 aromatic heterocycles. The molecule has 3 N–H and O–H groups in total. The van der Waals surface area contributed by atoms with Gasteiger partial charge in [0.1, 0.15) is 5.69 Å². The normalized spacial score (nSPS) is 11.3. The van der Waals surface area contributed by atoms with Crippen LogP contribution in [0.25, 0.3) is 0 Å². The highest BCUT2D eigenvalue weighted by Gasteiger charge is 2.24. The molecular weight excluding hydrogens is 234 g/mol. The van der Waals surface area contributed by atoms with Gasteiger partial charge < -0.3 is 11.1 Å². The van der Waals surface area contributed by atoms with Crippen LogP contribution in [-0.4, -0.2) is 34.1 Å². The maximum Gasteiger partial charge on any atom is 0.270 e. The van der Waals surface area contributed by atoms with E-state index < -0.39 is 24.3 Å². The Morgan fingerprint density at radius 1 is 1.59 bits per heavy atom. The Kier molecular flexibility index (Phi) is 3.45. The number of rotatable bonds is 4. The highest BCUT2D eigenvalue weighted by atomic mass is 19.3. The number of carbonyl (C=O) groups excluding carboxylic acids is 2. The third kappa shape index (κ3) is 3.51. The zero-order valence-corrected chi connectivity index (χ0v) is 9.25. The Morgan fingerprint density at radius 2 is 2.18 bits per heavy atom. The van der Waals surface area contributed by atoms with E-state index in [9.17, 15) is 18.4 Å². The first-order chi connectivity index (χ1) is 7.70. The zero-order valence-electron chi connectivity index (χ0n) is 9.25. The number of aromatic nitrogens is 2. The van der Waals surface area contributed by atoms with Gasteiger partial charge in [0.2, 0.25) is 0 Å². The molecule has 2 amide bonds. The van der Waals surface area contributed by atoms with Crippen molar-refractivity contribution in [2.75, 3.05) is 6.54 Å². The van der Waals surface area contributed by atoms with Crippen LogP contribution in [0.3, 0.4) is 0 Å². The number of primary amides is 1. The number of nitrogens with zero attached hydrogens (tertiary/aromatic N) is 2. The first-order valence-electron chi connectivity index (χ1n) is 4.63. The lowest BCUT2D eigenvalue weighted by Gasteiger charge is -2.10. The van der Waals surface area contributed by atoms with Crippen LogP contribution in [-0.2, 0) is 7.05 Å². The van der Waals surface area contributed by atoms with Crippen LogP contribution < -0.4 is 11.1 Å². The Labute approximate surface area is 95.8 Å². The predicted molar refractivity (Wildman–Crippen MR) is 53.5 cm³/mol. The van der Waals surface area contributed by atoms with Gasteiger partial charge in [-0.05, 0) is 0 Å². The molecule has 0 bridgehead atoms. The van der Waals surface area contributed by atoms with Gasteiger partial charge in [-0.3, -0.25) is 14.3 Å². The third-order valence-corrected chi connectivity index (χ3v) is 1.82. The molecule has 6 nitrogen and oxygen atoms in total. The maximum atomic E-state index is 12.5. The monoisotopic (exact) mass is 245 g/mol. The van der Waals surface area contributed by atoms with Crippen molar-refractivity contribution in [1.82, 2.24) is 15.1 Å². The third-order valence-electron chi connectivity index (χ3n) is 1.82. The molecule has 93 valence electrons. The number of nitrogens with one attached hydrogen (secondary N) is 1. The lowest BCUT2D eigenvalue weighted by atomic mass is 10.3. The summed E-state index contributed by atoms with van der Waals surface area (Å²) in [4.78, 5) is 22.2. The van der Waals surface area contributed by atoms with Crippen molar-refractivity contribution < 1.29 is 18.4 Å². The Morgan fingerprint density at radius 3 is 2.59 bits per heavy atom. The van der Waals surface area contributed by atoms with E-state index in [1.54, 1.807) is 0 Å². The van der Waals surface area contributed by atoms with Gasteiger partial charge in [0.05, 0.1) is 12.6 Å². The van der Waals surface area contributed by atoms with Crippen LogP contribution in [0.2, 0.25) is 0 Å². The molecule has 0 aliphatic rings. The Bertz CT molecular complexity index is 450. The number of aryl methyl sites for hydroxylation is 1. The number of halogens is 2. The maximum absolute atomic E-state index is 12.5. The summed E-state index contributed by atoms with van der Waals surface area (Å²) >= 11 is 0. The second kappa shape index (κ2) is 4.48. The zero-order chi connectivity index (χ0) is 13.2. The lowest BCUT2D eigenvalue weighted by molar-refractivity contribution is 0.0219. The molecule has 0 aliphatic heterocycles. The molecule has 0 atom stereocenters. The molecule has 17 heavy (non-hydrogen) atoms. The van der Waals surface area contributed by atoms with Crippen LogP contribution in [0.4, 0.5) is 8.78 Å². The summed E-state index contributed by atoms with van der Waals surface area (Å²) in [5, 5.41) is 5.61. The predicted octanol–water partition coefficient (Wildman–Crippen LogP) is -0.296. The van der Waals surface area contributed by atoms with Crippen molar-refractivity contribution in [3.63, 3.8) is 0 Å². The van der Waals surface area contributed by atoms with Gasteiger partial charge in [0, 0.05) is 14.0 Å². The van der Waals surface area contributed by atoms with Crippen molar-refractivity contribution in [2.24, 2.45) is 12.8 Å². The highest BCUT2D eigenvalue weighted by Crippen LogP contribution is 2.09. The van der Waals surface area contributed by atoms with Crippen molar-refractivity contribution in [3.05, 3.63) is 17.5 Å². The smallest absolute Gasteiger partial charge is 0.270 e. The minimum absolute atomic E-state index is 0.136. The van der Waals surface area contributed by atoms with E-state index in [2.05, 4.69) is 11.2 Å². The average molecular weight is 245 g/mol. The summed E-state index contributed by atoms with van der Waals surface area (Å²) in [7, 11) is 1.38. The van der Waals surface area contributed by atoms with Crippen LogP contribution in [0.15, 0.2) is 0 Å². The van der Waals surface area contributed by atoms with E-state index in [1.807, 2.05) is 5.32 Å². The minimum Gasteiger partial charge on any atom is -0.364 e. The molecular formula is C9H11F2N4O2. The molecule has 0 saturated carbocycles. The summed E-state index contributed by atoms with van der Waals surface area (Å²) in [5.74, 6) is -4.66. The van der Waals surface area contributed by atoms with Crippen LogP contribution in [0.5, 0.6) is 0 Å². The summed E-state index contributed by atoms with van der Waals surface area (Å²) in [6.45, 7) is -0.133. The molecule has 0 spiro atoms. The summed E-state index contributed by atoms with van der Waals surface area (Å²) < 4.78 is 26.1. The number of carbonyl (C=O) groups is 2. The van der Waals surface area contributed by atoms with Gasteiger partial charge in [-0.1, -0.05) is 0 Å². The number of amides is 2. The first-order valence-corrected chi connectivity index (χ1v) is 4.63. The van der Waals surface area contributed by atoms with E-state index in [4.69, 9.17) is 5.73 Å². The fraction of sp³-hybridized carbons (Fsp3) is 0.444. The Hall–Kier alpha value is -1.99. The average Bonchev–Trinajstić information content (AvgIpc) is 2.56. The summed E-state index contributed by atoms with van der Waals surface area (Å²) in [5.41, 5.74) is 4.58. The van der Waals surface area contributed by atoms with Gasteiger partial charge in [-0.2, -0.15) is 5.10 Å². The van der Waals surface area contributed by atoms with Gasteiger partial charge in [-0.15, -0.1) is 0 Å². The number of hydrogen-bond acceptors (Lipinski definition) is 3. The molecule has 0 fully saturated rings. The summed E-state index contributed by atoms with van der Waals surface area (Å²) in [6, 6.07) is 2.34. The van der Waals surface area contributed by atoms with Crippen LogP contribution in [0.1, 0.15) is 27.9 Å². The van der Waals surface area contributed by atoms with Gasteiger partial charge in [0.25, 0.3) is 17.7 Å². The molecule has 0 aliphatic carbocycles. The van der Waals surface area contributed by atoms with Crippen LogP contribution in [0, 0.1) is 6.07 Å². The highest BCUT2D eigenvalue weighted by molar-refractivity contribution is 5.96.